The zero-order chi connectivity index (χ0) is 14.0. The zero-order valence-electron chi connectivity index (χ0n) is 11.9. The van der Waals surface area contributed by atoms with Crippen molar-refractivity contribution >= 4 is 11.9 Å². The highest BCUT2D eigenvalue weighted by atomic mass is 16.4. The van der Waals surface area contributed by atoms with Crippen molar-refractivity contribution in [3.05, 3.63) is 0 Å². The topological polar surface area (TPSA) is 66.4 Å². The molecule has 0 saturated carbocycles. The van der Waals surface area contributed by atoms with Crippen LogP contribution in [-0.2, 0) is 9.59 Å². The van der Waals surface area contributed by atoms with E-state index in [-0.39, 0.29) is 18.4 Å². The summed E-state index contributed by atoms with van der Waals surface area (Å²) in [5.41, 5.74) is 0. The van der Waals surface area contributed by atoms with E-state index in [4.69, 9.17) is 5.11 Å². The van der Waals surface area contributed by atoms with Gasteiger partial charge in [0.2, 0.25) is 5.91 Å². The summed E-state index contributed by atoms with van der Waals surface area (Å²) in [7, 11) is 0. The van der Waals surface area contributed by atoms with Gasteiger partial charge in [0.05, 0.1) is 5.92 Å². The third-order valence-electron chi connectivity index (χ3n) is 3.28. The average molecular weight is 257 g/mol. The summed E-state index contributed by atoms with van der Waals surface area (Å²) in [4.78, 5) is 22.9. The third kappa shape index (κ3) is 6.62. The second-order valence-corrected chi connectivity index (χ2v) is 4.82. The summed E-state index contributed by atoms with van der Waals surface area (Å²) in [6.07, 6.45) is 5.27. The van der Waals surface area contributed by atoms with Crippen LogP contribution in [0.5, 0.6) is 0 Å². The first-order valence-electron chi connectivity index (χ1n) is 7.07. The summed E-state index contributed by atoms with van der Waals surface area (Å²) in [6.45, 7) is 6.31. The Hall–Kier alpha value is -1.06. The Kier molecular flexibility index (Phi) is 9.33. The second-order valence-electron chi connectivity index (χ2n) is 4.82. The number of carbonyl (C=O) groups is 2. The van der Waals surface area contributed by atoms with E-state index in [1.807, 2.05) is 13.8 Å². The number of unbranched alkanes of at least 4 members (excludes halogenated alkanes) is 1. The Morgan fingerprint density at radius 1 is 1.06 bits per heavy atom. The van der Waals surface area contributed by atoms with Crippen molar-refractivity contribution in [3.8, 4) is 0 Å². The van der Waals surface area contributed by atoms with Crippen molar-refractivity contribution < 1.29 is 14.7 Å². The molecule has 0 rings (SSSR count). The molecule has 4 heteroatoms. The highest BCUT2D eigenvalue weighted by Crippen LogP contribution is 2.13. The van der Waals surface area contributed by atoms with Crippen molar-refractivity contribution in [2.45, 2.75) is 59.3 Å². The van der Waals surface area contributed by atoms with Gasteiger partial charge in [0.1, 0.15) is 0 Å². The van der Waals surface area contributed by atoms with Gasteiger partial charge in [-0.3, -0.25) is 9.59 Å². The minimum Gasteiger partial charge on any atom is -0.481 e. The molecule has 106 valence electrons. The molecule has 0 saturated heterocycles. The summed E-state index contributed by atoms with van der Waals surface area (Å²) < 4.78 is 0. The van der Waals surface area contributed by atoms with E-state index in [0.717, 1.165) is 32.1 Å². The lowest BCUT2D eigenvalue weighted by Crippen LogP contribution is -2.36. The molecule has 0 spiro atoms. The monoisotopic (exact) mass is 257 g/mol. The van der Waals surface area contributed by atoms with Crippen LogP contribution in [0.1, 0.15) is 59.3 Å². The number of hydrogen-bond donors (Lipinski definition) is 2. The summed E-state index contributed by atoms with van der Waals surface area (Å²) in [5.74, 6) is -1.24. The molecular formula is C14H27NO3. The van der Waals surface area contributed by atoms with Crippen LogP contribution in [0.25, 0.3) is 0 Å². The van der Waals surface area contributed by atoms with Gasteiger partial charge >= 0.3 is 5.97 Å². The van der Waals surface area contributed by atoms with Crippen LogP contribution in [0, 0.1) is 11.8 Å². The fourth-order valence-corrected chi connectivity index (χ4v) is 2.00. The van der Waals surface area contributed by atoms with E-state index in [0.29, 0.717) is 6.42 Å². The van der Waals surface area contributed by atoms with E-state index >= 15 is 0 Å². The molecule has 2 unspecified atom stereocenters. The van der Waals surface area contributed by atoms with Crippen LogP contribution in [-0.4, -0.2) is 23.5 Å². The largest absolute Gasteiger partial charge is 0.481 e. The Bertz CT molecular complexity index is 253. The maximum Gasteiger partial charge on any atom is 0.308 e. The molecule has 0 aliphatic rings. The van der Waals surface area contributed by atoms with E-state index in [1.54, 1.807) is 0 Å². The van der Waals surface area contributed by atoms with Gasteiger partial charge < -0.3 is 10.4 Å². The molecule has 0 fully saturated rings. The molecule has 0 aromatic rings. The fourth-order valence-electron chi connectivity index (χ4n) is 2.00. The molecule has 0 bridgehead atoms. The minimum absolute atomic E-state index is 0.00769. The molecule has 0 aromatic heterocycles. The Morgan fingerprint density at radius 2 is 1.72 bits per heavy atom. The van der Waals surface area contributed by atoms with Crippen LogP contribution in [0.2, 0.25) is 0 Å². The van der Waals surface area contributed by atoms with Crippen LogP contribution in [0.15, 0.2) is 0 Å². The van der Waals surface area contributed by atoms with Gasteiger partial charge in [-0.2, -0.15) is 0 Å². The highest BCUT2D eigenvalue weighted by Gasteiger charge is 2.20. The van der Waals surface area contributed by atoms with Gasteiger partial charge in [-0.05, 0) is 19.3 Å². The number of carboxylic acids is 1. The van der Waals surface area contributed by atoms with Gasteiger partial charge in [0.15, 0.2) is 0 Å². The van der Waals surface area contributed by atoms with Crippen molar-refractivity contribution in [3.63, 3.8) is 0 Å². The first-order chi connectivity index (χ1) is 8.56. The molecule has 0 aromatic carbocycles. The normalized spacial score (nSPS) is 13.9. The number of nitrogens with one attached hydrogen (secondary N) is 1. The third-order valence-corrected chi connectivity index (χ3v) is 3.28. The van der Waals surface area contributed by atoms with Crippen molar-refractivity contribution in [1.29, 1.82) is 0 Å². The van der Waals surface area contributed by atoms with Gasteiger partial charge in [-0.15, -0.1) is 0 Å². The molecule has 2 N–H and O–H groups in total. The predicted octanol–water partition coefficient (Wildman–Crippen LogP) is 2.82. The first-order valence-corrected chi connectivity index (χ1v) is 7.07. The Balaban J connectivity index is 4.15. The lowest BCUT2D eigenvalue weighted by Gasteiger charge is -2.17. The maximum atomic E-state index is 11.9. The second kappa shape index (κ2) is 9.92. The van der Waals surface area contributed by atoms with Gasteiger partial charge in [-0.1, -0.05) is 40.0 Å². The smallest absolute Gasteiger partial charge is 0.308 e. The van der Waals surface area contributed by atoms with Crippen molar-refractivity contribution in [2.75, 3.05) is 6.54 Å². The molecular weight excluding hydrogens is 230 g/mol. The van der Waals surface area contributed by atoms with Crippen LogP contribution >= 0.6 is 0 Å². The standard InChI is InChI=1S/C14H27NO3/c1-4-7-9-11(6-3)13(16)15-10-12(8-5-2)14(17)18/h11-12H,4-10H2,1-3H3,(H,15,16)(H,17,18). The molecule has 0 aliphatic heterocycles. The quantitative estimate of drug-likeness (QED) is 0.632. The fraction of sp³-hybridized carbons (Fsp3) is 0.857. The van der Waals surface area contributed by atoms with Gasteiger partial charge in [0.25, 0.3) is 0 Å². The van der Waals surface area contributed by atoms with E-state index in [1.165, 1.54) is 0 Å². The molecule has 4 nitrogen and oxygen atoms in total. The van der Waals surface area contributed by atoms with Crippen molar-refractivity contribution in [1.82, 2.24) is 5.32 Å². The summed E-state index contributed by atoms with van der Waals surface area (Å²) in [5, 5.41) is 11.8. The number of carbonyl (C=O) groups excluding carboxylic acids is 1. The first kappa shape index (κ1) is 16.9. The SMILES string of the molecule is CCCCC(CC)C(=O)NCC(CCC)C(=O)O. The number of carboxylic acid groups (broad SMARTS) is 1. The van der Waals surface area contributed by atoms with E-state index in [2.05, 4.69) is 12.2 Å². The van der Waals surface area contributed by atoms with Gasteiger partial charge in [0, 0.05) is 12.5 Å². The number of rotatable bonds is 10. The maximum absolute atomic E-state index is 11.9. The van der Waals surface area contributed by atoms with E-state index < -0.39 is 11.9 Å². The Morgan fingerprint density at radius 3 is 2.17 bits per heavy atom. The van der Waals surface area contributed by atoms with Gasteiger partial charge in [-0.25, -0.2) is 0 Å². The number of aliphatic carboxylic acids is 1. The number of amides is 1. The van der Waals surface area contributed by atoms with Crippen LogP contribution in [0.4, 0.5) is 0 Å². The molecule has 2 atom stereocenters. The molecule has 0 aliphatic carbocycles. The highest BCUT2D eigenvalue weighted by molar-refractivity contribution is 5.79. The summed E-state index contributed by atoms with van der Waals surface area (Å²) >= 11 is 0. The van der Waals surface area contributed by atoms with Crippen molar-refractivity contribution in [2.24, 2.45) is 11.8 Å². The lowest BCUT2D eigenvalue weighted by atomic mass is 9.97. The molecule has 0 heterocycles. The Labute approximate surface area is 110 Å². The van der Waals surface area contributed by atoms with E-state index in [9.17, 15) is 9.59 Å². The average Bonchev–Trinajstić information content (AvgIpc) is 2.34. The van der Waals surface area contributed by atoms with Crippen LogP contribution < -0.4 is 5.32 Å². The molecule has 18 heavy (non-hydrogen) atoms. The number of hydrogen-bond acceptors (Lipinski definition) is 2. The zero-order valence-corrected chi connectivity index (χ0v) is 11.9. The minimum atomic E-state index is -0.821. The molecule has 1 amide bonds. The predicted molar refractivity (Wildman–Crippen MR) is 72.3 cm³/mol. The van der Waals surface area contributed by atoms with Crippen LogP contribution in [0.3, 0.4) is 0 Å². The molecule has 0 radical (unpaired) electrons. The lowest BCUT2D eigenvalue weighted by molar-refractivity contribution is -0.142. The summed E-state index contributed by atoms with van der Waals surface area (Å²) in [6, 6.07) is 0.